The van der Waals surface area contributed by atoms with Crippen molar-refractivity contribution in [3.8, 4) is 0 Å². The van der Waals surface area contributed by atoms with Crippen molar-refractivity contribution in [1.29, 1.82) is 0 Å². The second-order valence-electron chi connectivity index (χ2n) is 3.24. The lowest BCUT2D eigenvalue weighted by Gasteiger charge is -2.13. The van der Waals surface area contributed by atoms with Crippen LogP contribution in [0, 0.1) is 6.92 Å². The van der Waals surface area contributed by atoms with Crippen molar-refractivity contribution in [2.45, 2.75) is 26.3 Å². The fourth-order valence-electron chi connectivity index (χ4n) is 1.20. The molecule has 0 aliphatic carbocycles. The molecular weight excluding hydrogens is 180 g/mol. The summed E-state index contributed by atoms with van der Waals surface area (Å²) in [4.78, 5) is 0. The van der Waals surface area contributed by atoms with Gasteiger partial charge in [-0.05, 0) is 25.5 Å². The van der Waals surface area contributed by atoms with Crippen molar-refractivity contribution in [3.63, 3.8) is 0 Å². The molecular formula is C10H18N2O2. The van der Waals surface area contributed by atoms with Crippen molar-refractivity contribution < 1.29 is 9.15 Å². The minimum Gasteiger partial charge on any atom is -0.465 e. The molecule has 0 fully saturated rings. The van der Waals surface area contributed by atoms with Gasteiger partial charge in [0.1, 0.15) is 17.6 Å². The lowest BCUT2D eigenvalue weighted by molar-refractivity contribution is 0.105. The van der Waals surface area contributed by atoms with Crippen LogP contribution in [0.1, 0.15) is 30.9 Å². The van der Waals surface area contributed by atoms with Gasteiger partial charge in [0.15, 0.2) is 0 Å². The summed E-state index contributed by atoms with van der Waals surface area (Å²) >= 11 is 0. The van der Waals surface area contributed by atoms with Gasteiger partial charge in [-0.3, -0.25) is 5.84 Å². The topological polar surface area (TPSA) is 60.4 Å². The zero-order valence-electron chi connectivity index (χ0n) is 8.75. The number of nitrogens with two attached hydrogens (primary N) is 1. The first-order valence-corrected chi connectivity index (χ1v) is 4.88. The maximum Gasteiger partial charge on any atom is 0.124 e. The van der Waals surface area contributed by atoms with Crippen LogP contribution in [0.25, 0.3) is 0 Å². The van der Waals surface area contributed by atoms with Crippen molar-refractivity contribution in [1.82, 2.24) is 5.43 Å². The second kappa shape index (κ2) is 5.80. The molecule has 0 saturated heterocycles. The first-order chi connectivity index (χ1) is 6.77. The minimum atomic E-state index is -0.0600. The smallest absolute Gasteiger partial charge is 0.124 e. The summed E-state index contributed by atoms with van der Waals surface area (Å²) in [5, 5.41) is 0. The van der Waals surface area contributed by atoms with Crippen LogP contribution in [0.5, 0.6) is 0 Å². The van der Waals surface area contributed by atoms with Gasteiger partial charge in [-0.2, -0.15) is 0 Å². The van der Waals surface area contributed by atoms with E-state index in [-0.39, 0.29) is 6.04 Å². The van der Waals surface area contributed by atoms with Crippen LogP contribution in [0.3, 0.4) is 0 Å². The molecule has 0 amide bonds. The van der Waals surface area contributed by atoms with Gasteiger partial charge in [0.2, 0.25) is 0 Å². The first kappa shape index (κ1) is 11.2. The molecule has 0 aliphatic rings. The van der Waals surface area contributed by atoms with Crippen LogP contribution >= 0.6 is 0 Å². The standard InChI is InChI=1S/C10H18N2O2/c1-3-6-13-7-9(12-11)10-5-4-8(2)14-10/h4-5,9,12H,3,6-7,11H2,1-2H3. The molecule has 4 nitrogen and oxygen atoms in total. The lowest BCUT2D eigenvalue weighted by atomic mass is 10.2. The Morgan fingerprint density at radius 2 is 2.36 bits per heavy atom. The summed E-state index contributed by atoms with van der Waals surface area (Å²) in [6, 6.07) is 3.77. The highest BCUT2D eigenvalue weighted by Gasteiger charge is 2.12. The predicted octanol–water partition coefficient (Wildman–Crippen LogP) is 1.52. The second-order valence-corrected chi connectivity index (χ2v) is 3.24. The summed E-state index contributed by atoms with van der Waals surface area (Å²) in [5.74, 6) is 7.11. The van der Waals surface area contributed by atoms with Crippen LogP contribution in [0.15, 0.2) is 16.5 Å². The molecule has 4 heteroatoms. The van der Waals surface area contributed by atoms with Gasteiger partial charge in [-0.1, -0.05) is 6.92 Å². The van der Waals surface area contributed by atoms with E-state index >= 15 is 0 Å². The molecule has 0 bridgehead atoms. The Morgan fingerprint density at radius 3 is 2.86 bits per heavy atom. The highest BCUT2D eigenvalue weighted by Crippen LogP contribution is 2.15. The van der Waals surface area contributed by atoms with E-state index in [9.17, 15) is 0 Å². The number of furan rings is 1. The average molecular weight is 198 g/mol. The maximum absolute atomic E-state index is 5.44. The lowest BCUT2D eigenvalue weighted by Crippen LogP contribution is -2.31. The fraction of sp³-hybridized carbons (Fsp3) is 0.600. The predicted molar refractivity (Wildman–Crippen MR) is 54.6 cm³/mol. The van der Waals surface area contributed by atoms with E-state index in [0.717, 1.165) is 24.5 Å². The number of hydrogen-bond acceptors (Lipinski definition) is 4. The highest BCUT2D eigenvalue weighted by molar-refractivity contribution is 5.09. The van der Waals surface area contributed by atoms with E-state index in [0.29, 0.717) is 6.61 Å². The van der Waals surface area contributed by atoms with Gasteiger partial charge in [0.25, 0.3) is 0 Å². The van der Waals surface area contributed by atoms with Crippen molar-refractivity contribution in [3.05, 3.63) is 23.7 Å². The molecule has 3 N–H and O–H groups in total. The Labute approximate surface area is 84.4 Å². The summed E-state index contributed by atoms with van der Waals surface area (Å²) in [5.41, 5.74) is 2.67. The van der Waals surface area contributed by atoms with Gasteiger partial charge in [0.05, 0.1) is 6.61 Å². The Bertz CT molecular complexity index is 260. The van der Waals surface area contributed by atoms with Crippen LogP contribution in [0.2, 0.25) is 0 Å². The van der Waals surface area contributed by atoms with Crippen molar-refractivity contribution in [2.24, 2.45) is 5.84 Å². The monoisotopic (exact) mass is 198 g/mol. The fourth-order valence-corrected chi connectivity index (χ4v) is 1.20. The Hall–Kier alpha value is -0.840. The SMILES string of the molecule is CCCOCC(NN)c1ccc(C)o1. The van der Waals surface area contributed by atoms with E-state index < -0.39 is 0 Å². The van der Waals surface area contributed by atoms with E-state index in [1.807, 2.05) is 19.1 Å². The molecule has 1 heterocycles. The van der Waals surface area contributed by atoms with Gasteiger partial charge in [-0.25, -0.2) is 5.43 Å². The third-order valence-electron chi connectivity index (χ3n) is 1.94. The number of hydrogen-bond donors (Lipinski definition) is 2. The van der Waals surface area contributed by atoms with Gasteiger partial charge in [0, 0.05) is 6.61 Å². The third kappa shape index (κ3) is 3.14. The van der Waals surface area contributed by atoms with Gasteiger partial charge in [-0.15, -0.1) is 0 Å². The van der Waals surface area contributed by atoms with E-state index in [4.69, 9.17) is 15.0 Å². The summed E-state index contributed by atoms with van der Waals surface area (Å²) in [6.45, 7) is 5.26. The zero-order valence-corrected chi connectivity index (χ0v) is 8.75. The molecule has 1 aromatic rings. The van der Waals surface area contributed by atoms with E-state index in [1.54, 1.807) is 0 Å². The van der Waals surface area contributed by atoms with Crippen LogP contribution < -0.4 is 11.3 Å². The normalized spacial score (nSPS) is 13.1. The number of rotatable bonds is 6. The molecule has 0 spiro atoms. The molecule has 0 saturated carbocycles. The van der Waals surface area contributed by atoms with E-state index in [1.165, 1.54) is 0 Å². The molecule has 1 rings (SSSR count). The van der Waals surface area contributed by atoms with Crippen LogP contribution in [-0.4, -0.2) is 13.2 Å². The first-order valence-electron chi connectivity index (χ1n) is 4.88. The molecule has 14 heavy (non-hydrogen) atoms. The molecule has 1 atom stereocenters. The Kier molecular flexibility index (Phi) is 4.65. The summed E-state index contributed by atoms with van der Waals surface area (Å²) in [6.07, 6.45) is 1.01. The summed E-state index contributed by atoms with van der Waals surface area (Å²) < 4.78 is 10.8. The Balaban J connectivity index is 2.45. The number of aryl methyl sites for hydroxylation is 1. The molecule has 80 valence electrons. The minimum absolute atomic E-state index is 0.0600. The van der Waals surface area contributed by atoms with Gasteiger partial charge < -0.3 is 9.15 Å². The van der Waals surface area contributed by atoms with Crippen LogP contribution in [0.4, 0.5) is 0 Å². The molecule has 0 aromatic carbocycles. The van der Waals surface area contributed by atoms with Crippen molar-refractivity contribution >= 4 is 0 Å². The van der Waals surface area contributed by atoms with Crippen molar-refractivity contribution in [2.75, 3.05) is 13.2 Å². The van der Waals surface area contributed by atoms with Crippen LogP contribution in [-0.2, 0) is 4.74 Å². The maximum atomic E-state index is 5.44. The Morgan fingerprint density at radius 1 is 1.57 bits per heavy atom. The number of nitrogens with one attached hydrogen (secondary N) is 1. The molecule has 0 radical (unpaired) electrons. The summed E-state index contributed by atoms with van der Waals surface area (Å²) in [7, 11) is 0. The quantitative estimate of drug-likeness (QED) is 0.413. The number of hydrazine groups is 1. The third-order valence-corrected chi connectivity index (χ3v) is 1.94. The van der Waals surface area contributed by atoms with Gasteiger partial charge >= 0.3 is 0 Å². The highest BCUT2D eigenvalue weighted by atomic mass is 16.5. The molecule has 0 aliphatic heterocycles. The zero-order chi connectivity index (χ0) is 10.4. The largest absolute Gasteiger partial charge is 0.465 e. The van der Waals surface area contributed by atoms with E-state index in [2.05, 4.69) is 12.3 Å². The molecule has 1 unspecified atom stereocenters. The molecule has 1 aromatic heterocycles. The average Bonchev–Trinajstić information content (AvgIpc) is 2.60. The number of ether oxygens (including phenoxy) is 1.